The number of rotatable bonds is 6. The SMILES string of the molecule is O=C(O)c1nc(CNCCN2CCSCC2)cs1. The van der Waals surface area contributed by atoms with Crippen molar-refractivity contribution in [3.05, 3.63) is 16.1 Å². The van der Waals surface area contributed by atoms with Gasteiger partial charge in [-0.15, -0.1) is 11.3 Å². The van der Waals surface area contributed by atoms with Crippen LogP contribution in [0.25, 0.3) is 0 Å². The maximum Gasteiger partial charge on any atom is 0.365 e. The van der Waals surface area contributed by atoms with Gasteiger partial charge in [-0.25, -0.2) is 9.78 Å². The lowest BCUT2D eigenvalue weighted by molar-refractivity contribution is 0.0696. The van der Waals surface area contributed by atoms with E-state index in [-0.39, 0.29) is 5.01 Å². The molecule has 5 nitrogen and oxygen atoms in total. The van der Waals surface area contributed by atoms with Crippen LogP contribution in [0.2, 0.25) is 0 Å². The molecule has 0 aromatic carbocycles. The molecule has 2 rings (SSSR count). The Morgan fingerprint density at radius 1 is 1.50 bits per heavy atom. The highest BCUT2D eigenvalue weighted by Crippen LogP contribution is 2.10. The van der Waals surface area contributed by atoms with Crippen molar-refractivity contribution in [2.75, 3.05) is 37.7 Å². The number of nitrogens with one attached hydrogen (secondary N) is 1. The molecule has 1 aromatic heterocycles. The Kier molecular flexibility index (Phi) is 5.43. The van der Waals surface area contributed by atoms with Crippen LogP contribution in [0.4, 0.5) is 0 Å². The number of nitrogens with zero attached hydrogens (tertiary/aromatic N) is 2. The number of hydrogen-bond donors (Lipinski definition) is 2. The number of aromatic nitrogens is 1. The molecule has 18 heavy (non-hydrogen) atoms. The minimum atomic E-state index is -0.947. The van der Waals surface area contributed by atoms with Gasteiger partial charge in [-0.05, 0) is 0 Å². The predicted molar refractivity (Wildman–Crippen MR) is 74.5 cm³/mol. The van der Waals surface area contributed by atoms with Crippen LogP contribution in [-0.4, -0.2) is 58.6 Å². The highest BCUT2D eigenvalue weighted by atomic mass is 32.2. The molecule has 1 aliphatic heterocycles. The van der Waals surface area contributed by atoms with E-state index in [0.717, 1.165) is 18.8 Å². The van der Waals surface area contributed by atoms with Crippen LogP contribution in [0.1, 0.15) is 15.5 Å². The van der Waals surface area contributed by atoms with E-state index < -0.39 is 5.97 Å². The molecular weight excluding hydrogens is 270 g/mol. The van der Waals surface area contributed by atoms with Crippen LogP contribution in [0.15, 0.2) is 5.38 Å². The number of carboxylic acids is 1. The second-order valence-corrected chi connectivity index (χ2v) is 6.16. The largest absolute Gasteiger partial charge is 0.476 e. The molecule has 0 unspecified atom stereocenters. The number of hydrogen-bond acceptors (Lipinski definition) is 6. The third-order valence-electron chi connectivity index (χ3n) is 2.75. The zero-order valence-corrected chi connectivity index (χ0v) is 11.7. The van der Waals surface area contributed by atoms with Gasteiger partial charge < -0.3 is 15.3 Å². The maximum atomic E-state index is 10.7. The number of aromatic carboxylic acids is 1. The van der Waals surface area contributed by atoms with Crippen molar-refractivity contribution in [1.29, 1.82) is 0 Å². The number of carboxylic acid groups (broad SMARTS) is 1. The fourth-order valence-corrected chi connectivity index (χ4v) is 3.40. The van der Waals surface area contributed by atoms with Crippen molar-refractivity contribution in [3.63, 3.8) is 0 Å². The first-order chi connectivity index (χ1) is 8.75. The Bertz CT molecular complexity index is 391. The van der Waals surface area contributed by atoms with E-state index in [1.165, 1.54) is 35.9 Å². The summed E-state index contributed by atoms with van der Waals surface area (Å²) in [6, 6.07) is 0. The maximum absolute atomic E-state index is 10.7. The zero-order chi connectivity index (χ0) is 12.8. The smallest absolute Gasteiger partial charge is 0.365 e. The Morgan fingerprint density at radius 2 is 2.28 bits per heavy atom. The monoisotopic (exact) mass is 287 g/mol. The molecule has 100 valence electrons. The van der Waals surface area contributed by atoms with Crippen molar-refractivity contribution in [2.45, 2.75) is 6.54 Å². The Hall–Kier alpha value is -0.630. The summed E-state index contributed by atoms with van der Waals surface area (Å²) in [4.78, 5) is 17.2. The van der Waals surface area contributed by atoms with Crippen LogP contribution >= 0.6 is 23.1 Å². The van der Waals surface area contributed by atoms with Gasteiger partial charge >= 0.3 is 5.97 Å². The third kappa shape index (κ3) is 4.24. The van der Waals surface area contributed by atoms with Crippen molar-refractivity contribution >= 4 is 29.1 Å². The van der Waals surface area contributed by atoms with E-state index >= 15 is 0 Å². The average Bonchev–Trinajstić information content (AvgIpc) is 2.85. The van der Waals surface area contributed by atoms with Gasteiger partial charge in [-0.2, -0.15) is 11.8 Å². The minimum absolute atomic E-state index is 0.167. The molecule has 1 saturated heterocycles. The van der Waals surface area contributed by atoms with Crippen LogP contribution < -0.4 is 5.32 Å². The molecule has 1 fully saturated rings. The molecule has 0 aliphatic carbocycles. The summed E-state index contributed by atoms with van der Waals surface area (Å²) in [5.74, 6) is 1.51. The van der Waals surface area contributed by atoms with Gasteiger partial charge in [0.15, 0.2) is 0 Å². The van der Waals surface area contributed by atoms with Gasteiger partial charge in [0.1, 0.15) is 0 Å². The van der Waals surface area contributed by atoms with Crippen molar-refractivity contribution < 1.29 is 9.90 Å². The second kappa shape index (κ2) is 7.08. The summed E-state index contributed by atoms with van der Waals surface area (Å²) in [6.45, 7) is 4.96. The summed E-state index contributed by atoms with van der Waals surface area (Å²) >= 11 is 3.19. The van der Waals surface area contributed by atoms with Gasteiger partial charge in [0, 0.05) is 49.6 Å². The lowest BCUT2D eigenvalue weighted by Gasteiger charge is -2.25. The molecule has 0 amide bonds. The van der Waals surface area contributed by atoms with Crippen LogP contribution in [-0.2, 0) is 6.54 Å². The van der Waals surface area contributed by atoms with Gasteiger partial charge in [-0.3, -0.25) is 0 Å². The van der Waals surface area contributed by atoms with Gasteiger partial charge in [0.25, 0.3) is 0 Å². The highest BCUT2D eigenvalue weighted by molar-refractivity contribution is 7.99. The highest BCUT2D eigenvalue weighted by Gasteiger charge is 2.10. The number of carbonyl (C=O) groups is 1. The summed E-state index contributed by atoms with van der Waals surface area (Å²) in [7, 11) is 0. The Balaban J connectivity index is 1.63. The molecule has 7 heteroatoms. The lowest BCUT2D eigenvalue weighted by atomic mass is 10.4. The van der Waals surface area contributed by atoms with Gasteiger partial charge in [-0.1, -0.05) is 0 Å². The number of thioether (sulfide) groups is 1. The summed E-state index contributed by atoms with van der Waals surface area (Å²) < 4.78 is 0. The topological polar surface area (TPSA) is 65.5 Å². The zero-order valence-electron chi connectivity index (χ0n) is 10.1. The molecule has 0 bridgehead atoms. The molecule has 0 spiro atoms. The summed E-state index contributed by atoms with van der Waals surface area (Å²) in [5.41, 5.74) is 0.812. The van der Waals surface area contributed by atoms with E-state index in [4.69, 9.17) is 5.11 Å². The van der Waals surface area contributed by atoms with Crippen LogP contribution in [0.5, 0.6) is 0 Å². The molecular formula is C11H17N3O2S2. The minimum Gasteiger partial charge on any atom is -0.476 e. The molecule has 1 aliphatic rings. The summed E-state index contributed by atoms with van der Waals surface area (Å²) in [5, 5.41) is 14.0. The molecule has 2 N–H and O–H groups in total. The van der Waals surface area contributed by atoms with Gasteiger partial charge in [0.2, 0.25) is 5.01 Å². The van der Waals surface area contributed by atoms with E-state index in [2.05, 4.69) is 15.2 Å². The van der Waals surface area contributed by atoms with Crippen molar-refractivity contribution in [3.8, 4) is 0 Å². The first-order valence-corrected chi connectivity index (χ1v) is 7.97. The Labute approximate surface area is 115 Å². The number of thiazole rings is 1. The van der Waals surface area contributed by atoms with Crippen molar-refractivity contribution in [2.24, 2.45) is 0 Å². The van der Waals surface area contributed by atoms with E-state index in [1.807, 2.05) is 11.8 Å². The Morgan fingerprint density at radius 3 is 2.94 bits per heavy atom. The molecule has 0 saturated carbocycles. The molecule has 1 aromatic rings. The van der Waals surface area contributed by atoms with Crippen molar-refractivity contribution in [1.82, 2.24) is 15.2 Å². The predicted octanol–water partition coefficient (Wildman–Crippen LogP) is 0.980. The molecule has 0 radical (unpaired) electrons. The van der Waals surface area contributed by atoms with Crippen LogP contribution in [0, 0.1) is 0 Å². The van der Waals surface area contributed by atoms with E-state index in [1.54, 1.807) is 5.38 Å². The van der Waals surface area contributed by atoms with Gasteiger partial charge in [0.05, 0.1) is 5.69 Å². The fourth-order valence-electron chi connectivity index (χ4n) is 1.76. The quantitative estimate of drug-likeness (QED) is 0.760. The fraction of sp³-hybridized carbons (Fsp3) is 0.636. The third-order valence-corrected chi connectivity index (χ3v) is 4.57. The summed E-state index contributed by atoms with van der Waals surface area (Å²) in [6.07, 6.45) is 0. The first-order valence-electron chi connectivity index (χ1n) is 5.94. The molecule has 2 heterocycles. The second-order valence-electron chi connectivity index (χ2n) is 4.08. The first kappa shape index (κ1) is 13.8. The van der Waals surface area contributed by atoms with Crippen LogP contribution in [0.3, 0.4) is 0 Å². The van der Waals surface area contributed by atoms with E-state index in [9.17, 15) is 4.79 Å². The molecule has 0 atom stereocenters. The van der Waals surface area contributed by atoms with E-state index in [0.29, 0.717) is 6.54 Å². The standard InChI is InChI=1S/C11H17N3O2S2/c15-11(16)10-13-9(8-18-10)7-12-1-2-14-3-5-17-6-4-14/h8,12H,1-7H2,(H,15,16). The normalized spacial score (nSPS) is 16.9. The average molecular weight is 287 g/mol. The lowest BCUT2D eigenvalue weighted by Crippen LogP contribution is -2.37.